The van der Waals surface area contributed by atoms with Gasteiger partial charge in [0.2, 0.25) is 0 Å². The summed E-state index contributed by atoms with van der Waals surface area (Å²) in [6.07, 6.45) is 1.78. The van der Waals surface area contributed by atoms with Crippen molar-refractivity contribution >= 4 is 5.69 Å². The van der Waals surface area contributed by atoms with E-state index in [1.165, 1.54) is 0 Å². The molecule has 2 rings (SSSR count). The van der Waals surface area contributed by atoms with E-state index in [1.807, 2.05) is 11.6 Å². The van der Waals surface area contributed by atoms with E-state index in [0.717, 1.165) is 11.4 Å². The number of benzene rings is 1. The minimum Gasteiger partial charge on any atom is -0.455 e. The van der Waals surface area contributed by atoms with Crippen molar-refractivity contribution in [1.82, 2.24) is 9.78 Å². The number of ether oxygens (including phenoxy) is 1. The van der Waals surface area contributed by atoms with Crippen molar-refractivity contribution < 1.29 is 4.74 Å². The molecule has 24 heavy (non-hydrogen) atoms. The highest BCUT2D eigenvalue weighted by molar-refractivity contribution is 5.56. The monoisotopic (exact) mass is 320 g/mol. The number of allylic oxidation sites excluding steroid dienone is 1. The summed E-state index contributed by atoms with van der Waals surface area (Å²) in [7, 11) is 0. The molecule has 0 saturated carbocycles. The van der Waals surface area contributed by atoms with Gasteiger partial charge in [-0.1, -0.05) is 26.8 Å². The Labute approximate surface area is 142 Å². The zero-order chi connectivity index (χ0) is 17.9. The fourth-order valence-electron chi connectivity index (χ4n) is 2.33. The van der Waals surface area contributed by atoms with E-state index in [9.17, 15) is 0 Å². The topological polar surface area (TPSA) is 55.2 Å². The normalized spacial score (nSPS) is 10.8. The minimum atomic E-state index is -0.206. The van der Waals surface area contributed by atoms with Crippen LogP contribution in [0.1, 0.15) is 37.7 Å². The SMILES string of the molecule is [C-]#[N+]c1cc(C#N)cc(Oc2c(C(C)(C)C)nn(CC=C)c2C)c1. The molecular weight excluding hydrogens is 300 g/mol. The van der Waals surface area contributed by atoms with Gasteiger partial charge in [0.1, 0.15) is 11.4 Å². The highest BCUT2D eigenvalue weighted by atomic mass is 16.5. The second kappa shape index (κ2) is 6.60. The van der Waals surface area contributed by atoms with Crippen LogP contribution in [-0.2, 0) is 12.0 Å². The van der Waals surface area contributed by atoms with Crippen molar-refractivity contribution in [3.05, 3.63) is 59.2 Å². The summed E-state index contributed by atoms with van der Waals surface area (Å²) in [5, 5.41) is 13.8. The van der Waals surface area contributed by atoms with Gasteiger partial charge >= 0.3 is 0 Å². The highest BCUT2D eigenvalue weighted by Gasteiger charge is 2.27. The van der Waals surface area contributed by atoms with E-state index in [0.29, 0.717) is 29.3 Å². The number of nitriles is 1. The molecule has 0 saturated heterocycles. The zero-order valence-electron chi connectivity index (χ0n) is 14.4. The summed E-state index contributed by atoms with van der Waals surface area (Å²) in [6.45, 7) is 19.6. The van der Waals surface area contributed by atoms with Gasteiger partial charge in [-0.3, -0.25) is 4.68 Å². The first-order valence-corrected chi connectivity index (χ1v) is 7.59. The maximum Gasteiger partial charge on any atom is 0.192 e. The molecule has 5 heteroatoms. The Morgan fingerprint density at radius 2 is 2.12 bits per heavy atom. The quantitative estimate of drug-likeness (QED) is 0.595. The van der Waals surface area contributed by atoms with Crippen LogP contribution in [0.2, 0.25) is 0 Å². The fourth-order valence-corrected chi connectivity index (χ4v) is 2.33. The third kappa shape index (κ3) is 3.47. The van der Waals surface area contributed by atoms with Crippen molar-refractivity contribution in [3.63, 3.8) is 0 Å². The Hall–Kier alpha value is -3.05. The first-order chi connectivity index (χ1) is 11.3. The standard InChI is InChI=1S/C19H20N4O/c1-7-8-23-13(2)17(18(22-23)19(3,4)5)24-16-10-14(12-20)9-15(11-16)21-6/h7,9-11H,1,8H2,2-5H3. The summed E-state index contributed by atoms with van der Waals surface area (Å²) < 4.78 is 7.91. The third-order valence-corrected chi connectivity index (χ3v) is 3.53. The molecule has 0 aliphatic heterocycles. The summed E-state index contributed by atoms with van der Waals surface area (Å²) in [4.78, 5) is 3.39. The number of nitrogens with zero attached hydrogens (tertiary/aromatic N) is 4. The van der Waals surface area contributed by atoms with Crippen LogP contribution in [-0.4, -0.2) is 9.78 Å². The maximum atomic E-state index is 9.12. The van der Waals surface area contributed by atoms with Crippen LogP contribution in [0.3, 0.4) is 0 Å². The van der Waals surface area contributed by atoms with E-state index in [2.05, 4.69) is 43.4 Å². The van der Waals surface area contributed by atoms with Crippen molar-refractivity contribution in [3.8, 4) is 17.6 Å². The molecule has 1 aromatic heterocycles. The smallest absolute Gasteiger partial charge is 0.192 e. The Morgan fingerprint density at radius 1 is 1.42 bits per heavy atom. The molecule has 2 aromatic rings. The van der Waals surface area contributed by atoms with Gasteiger partial charge in [-0.2, -0.15) is 10.4 Å². The van der Waals surface area contributed by atoms with Gasteiger partial charge in [-0.25, -0.2) is 4.85 Å². The highest BCUT2D eigenvalue weighted by Crippen LogP contribution is 2.37. The zero-order valence-corrected chi connectivity index (χ0v) is 14.4. The molecule has 5 nitrogen and oxygen atoms in total. The molecule has 1 aromatic carbocycles. The van der Waals surface area contributed by atoms with Crippen LogP contribution in [0.15, 0.2) is 30.9 Å². The molecule has 122 valence electrons. The second-order valence-electron chi connectivity index (χ2n) is 6.53. The minimum absolute atomic E-state index is 0.206. The fraction of sp³-hybridized carbons (Fsp3) is 0.316. The average molecular weight is 320 g/mol. The Morgan fingerprint density at radius 3 is 2.67 bits per heavy atom. The molecule has 1 heterocycles. The van der Waals surface area contributed by atoms with Crippen LogP contribution in [0, 0.1) is 24.8 Å². The van der Waals surface area contributed by atoms with Crippen LogP contribution in [0.25, 0.3) is 4.85 Å². The lowest BCUT2D eigenvalue weighted by atomic mass is 9.91. The van der Waals surface area contributed by atoms with E-state index < -0.39 is 0 Å². The van der Waals surface area contributed by atoms with Crippen molar-refractivity contribution in [2.45, 2.75) is 39.7 Å². The van der Waals surface area contributed by atoms with E-state index in [-0.39, 0.29) is 5.41 Å². The van der Waals surface area contributed by atoms with E-state index in [4.69, 9.17) is 16.6 Å². The first-order valence-electron chi connectivity index (χ1n) is 7.59. The average Bonchev–Trinajstić information content (AvgIpc) is 2.84. The molecule has 0 amide bonds. The number of rotatable bonds is 4. The maximum absolute atomic E-state index is 9.12. The molecule has 0 aliphatic rings. The van der Waals surface area contributed by atoms with Crippen LogP contribution in [0.4, 0.5) is 5.69 Å². The van der Waals surface area contributed by atoms with Gasteiger partial charge in [0.25, 0.3) is 0 Å². The molecule has 0 atom stereocenters. The molecule has 0 radical (unpaired) electrons. The number of hydrogen-bond acceptors (Lipinski definition) is 3. The molecule has 0 aliphatic carbocycles. The van der Waals surface area contributed by atoms with Crippen LogP contribution in [0.5, 0.6) is 11.5 Å². The predicted octanol–water partition coefficient (Wildman–Crippen LogP) is 4.89. The lowest BCUT2D eigenvalue weighted by Crippen LogP contribution is -2.14. The number of aromatic nitrogens is 2. The lowest BCUT2D eigenvalue weighted by molar-refractivity contribution is 0.450. The summed E-state index contributed by atoms with van der Waals surface area (Å²) in [6, 6.07) is 6.86. The Bertz CT molecular complexity index is 825. The molecule has 0 bridgehead atoms. The van der Waals surface area contributed by atoms with Gasteiger partial charge in [-0.15, -0.1) is 6.58 Å². The van der Waals surface area contributed by atoms with E-state index in [1.54, 1.807) is 24.3 Å². The molecule has 0 unspecified atom stereocenters. The molecule has 0 fully saturated rings. The third-order valence-electron chi connectivity index (χ3n) is 3.53. The van der Waals surface area contributed by atoms with Gasteiger partial charge in [-0.05, 0) is 25.1 Å². The molecular formula is C19H20N4O. The van der Waals surface area contributed by atoms with Crippen LogP contribution < -0.4 is 4.74 Å². The summed E-state index contributed by atoms with van der Waals surface area (Å²) in [5.41, 5.74) is 2.27. The predicted molar refractivity (Wildman–Crippen MR) is 93.4 cm³/mol. The van der Waals surface area contributed by atoms with Crippen molar-refractivity contribution in [2.24, 2.45) is 0 Å². The second-order valence-corrected chi connectivity index (χ2v) is 6.53. The summed E-state index contributed by atoms with van der Waals surface area (Å²) >= 11 is 0. The van der Waals surface area contributed by atoms with Gasteiger partial charge in [0.05, 0.1) is 24.9 Å². The lowest BCUT2D eigenvalue weighted by Gasteiger charge is -2.18. The Kier molecular flexibility index (Phi) is 4.76. The number of hydrogen-bond donors (Lipinski definition) is 0. The molecule has 0 N–H and O–H groups in total. The van der Waals surface area contributed by atoms with Gasteiger partial charge in [0.15, 0.2) is 11.4 Å². The Balaban J connectivity index is 2.55. The first kappa shape index (κ1) is 17.3. The van der Waals surface area contributed by atoms with Gasteiger partial charge in [0, 0.05) is 11.0 Å². The van der Waals surface area contributed by atoms with E-state index >= 15 is 0 Å². The van der Waals surface area contributed by atoms with Crippen LogP contribution >= 0.6 is 0 Å². The summed E-state index contributed by atoms with van der Waals surface area (Å²) in [5.74, 6) is 1.13. The van der Waals surface area contributed by atoms with Gasteiger partial charge < -0.3 is 4.74 Å². The molecule has 0 spiro atoms. The van der Waals surface area contributed by atoms with Crippen molar-refractivity contribution in [2.75, 3.05) is 0 Å². The van der Waals surface area contributed by atoms with Crippen molar-refractivity contribution in [1.29, 1.82) is 5.26 Å². The largest absolute Gasteiger partial charge is 0.455 e.